The molecular weight excluding hydrogens is 326 g/mol. The molecule has 5 nitrogen and oxygen atoms in total. The van der Waals surface area contributed by atoms with Crippen LogP contribution in [0.2, 0.25) is 0 Å². The van der Waals surface area contributed by atoms with Crippen molar-refractivity contribution in [2.75, 3.05) is 0 Å². The molecule has 0 spiro atoms. The standard InChI is InChI=1S/C18H21NO4S/c1-13(2)14-8-10-16(11-9-14)24(22,23)19-17(12-18(20)21)15-6-4-3-5-7-15/h3-11,13,17,19H,12H2,1-2H3,(H,20,21)/t17-/m1/s1. The van der Waals surface area contributed by atoms with Gasteiger partial charge in [0.2, 0.25) is 10.0 Å². The van der Waals surface area contributed by atoms with Crippen LogP contribution >= 0.6 is 0 Å². The van der Waals surface area contributed by atoms with E-state index in [0.29, 0.717) is 11.5 Å². The van der Waals surface area contributed by atoms with Crippen LogP contribution in [0.5, 0.6) is 0 Å². The molecule has 0 radical (unpaired) electrons. The quantitative estimate of drug-likeness (QED) is 0.805. The molecule has 0 fully saturated rings. The molecule has 128 valence electrons. The predicted molar refractivity (Wildman–Crippen MR) is 92.3 cm³/mol. The third-order valence-corrected chi connectivity index (χ3v) is 5.22. The highest BCUT2D eigenvalue weighted by molar-refractivity contribution is 7.89. The Labute approximate surface area is 142 Å². The van der Waals surface area contributed by atoms with Crippen LogP contribution in [0.1, 0.15) is 43.4 Å². The van der Waals surface area contributed by atoms with Gasteiger partial charge in [-0.15, -0.1) is 0 Å². The van der Waals surface area contributed by atoms with E-state index in [0.717, 1.165) is 5.56 Å². The number of carbonyl (C=O) groups is 1. The molecule has 24 heavy (non-hydrogen) atoms. The van der Waals surface area contributed by atoms with Crippen LogP contribution in [0.25, 0.3) is 0 Å². The van der Waals surface area contributed by atoms with E-state index in [4.69, 9.17) is 5.11 Å². The molecule has 0 saturated heterocycles. The average molecular weight is 347 g/mol. The lowest BCUT2D eigenvalue weighted by atomic mass is 10.0. The van der Waals surface area contributed by atoms with Gasteiger partial charge >= 0.3 is 5.97 Å². The Kier molecular flexibility index (Phi) is 5.75. The molecule has 0 aliphatic rings. The Bertz CT molecular complexity index is 784. The summed E-state index contributed by atoms with van der Waals surface area (Å²) in [6, 6.07) is 14.5. The number of carboxylic acids is 1. The molecule has 2 N–H and O–H groups in total. The van der Waals surface area contributed by atoms with Gasteiger partial charge < -0.3 is 5.11 Å². The Morgan fingerprint density at radius 1 is 1.00 bits per heavy atom. The fourth-order valence-corrected chi connectivity index (χ4v) is 3.60. The maximum Gasteiger partial charge on any atom is 0.305 e. The Morgan fingerprint density at radius 3 is 2.08 bits per heavy atom. The molecule has 0 aromatic heterocycles. The van der Waals surface area contributed by atoms with E-state index in [1.54, 1.807) is 54.6 Å². The van der Waals surface area contributed by atoms with Crippen molar-refractivity contribution in [2.24, 2.45) is 0 Å². The monoisotopic (exact) mass is 347 g/mol. The number of hydrogen-bond donors (Lipinski definition) is 2. The molecule has 0 heterocycles. The molecule has 0 bridgehead atoms. The van der Waals surface area contributed by atoms with E-state index in [1.165, 1.54) is 0 Å². The van der Waals surface area contributed by atoms with Crippen molar-refractivity contribution in [3.05, 3.63) is 65.7 Å². The zero-order chi connectivity index (χ0) is 17.7. The van der Waals surface area contributed by atoms with Crippen molar-refractivity contribution in [2.45, 2.75) is 37.1 Å². The molecular formula is C18H21NO4S. The van der Waals surface area contributed by atoms with Gasteiger partial charge in [0.05, 0.1) is 17.4 Å². The van der Waals surface area contributed by atoms with Gasteiger partial charge in [-0.1, -0.05) is 56.3 Å². The molecule has 6 heteroatoms. The highest BCUT2D eigenvalue weighted by atomic mass is 32.2. The van der Waals surface area contributed by atoms with Gasteiger partial charge in [-0.2, -0.15) is 0 Å². The summed E-state index contributed by atoms with van der Waals surface area (Å²) >= 11 is 0. The van der Waals surface area contributed by atoms with Gasteiger partial charge in [0.15, 0.2) is 0 Å². The van der Waals surface area contributed by atoms with Crippen molar-refractivity contribution in [3.63, 3.8) is 0 Å². The summed E-state index contributed by atoms with van der Waals surface area (Å²) in [4.78, 5) is 11.2. The fraction of sp³-hybridized carbons (Fsp3) is 0.278. The van der Waals surface area contributed by atoms with E-state index in [1.807, 2.05) is 13.8 Å². The molecule has 0 unspecified atom stereocenters. The Hall–Kier alpha value is -2.18. The van der Waals surface area contributed by atoms with Gasteiger partial charge in [0, 0.05) is 0 Å². The van der Waals surface area contributed by atoms with Crippen LogP contribution in [0.15, 0.2) is 59.5 Å². The van der Waals surface area contributed by atoms with Crippen molar-refractivity contribution in [3.8, 4) is 0 Å². The molecule has 0 saturated carbocycles. The van der Waals surface area contributed by atoms with E-state index in [2.05, 4.69) is 4.72 Å². The number of hydrogen-bond acceptors (Lipinski definition) is 3. The Morgan fingerprint density at radius 2 is 1.58 bits per heavy atom. The van der Waals surface area contributed by atoms with Crippen LogP contribution in [0.3, 0.4) is 0 Å². The number of aliphatic carboxylic acids is 1. The third kappa shape index (κ3) is 4.66. The summed E-state index contributed by atoms with van der Waals surface area (Å²) < 4.78 is 27.6. The summed E-state index contributed by atoms with van der Waals surface area (Å²) in [6.07, 6.45) is -0.326. The van der Waals surface area contributed by atoms with Crippen molar-refractivity contribution >= 4 is 16.0 Å². The molecule has 0 aliphatic heterocycles. The Balaban J connectivity index is 2.28. The SMILES string of the molecule is CC(C)c1ccc(S(=O)(=O)N[C@H](CC(=O)O)c2ccccc2)cc1. The van der Waals surface area contributed by atoms with E-state index >= 15 is 0 Å². The smallest absolute Gasteiger partial charge is 0.305 e. The van der Waals surface area contributed by atoms with Crippen LogP contribution in [0.4, 0.5) is 0 Å². The van der Waals surface area contributed by atoms with Gasteiger partial charge in [0.1, 0.15) is 0 Å². The van der Waals surface area contributed by atoms with Crippen molar-refractivity contribution in [1.82, 2.24) is 4.72 Å². The molecule has 2 aromatic rings. The lowest BCUT2D eigenvalue weighted by Crippen LogP contribution is -2.30. The molecule has 2 rings (SSSR count). The van der Waals surface area contributed by atoms with E-state index in [-0.39, 0.29) is 11.3 Å². The van der Waals surface area contributed by atoms with Gasteiger partial charge in [0.25, 0.3) is 0 Å². The zero-order valence-electron chi connectivity index (χ0n) is 13.6. The number of nitrogens with one attached hydrogen (secondary N) is 1. The lowest BCUT2D eigenvalue weighted by molar-refractivity contribution is -0.137. The van der Waals surface area contributed by atoms with E-state index < -0.39 is 22.0 Å². The number of carboxylic acid groups (broad SMARTS) is 1. The zero-order valence-corrected chi connectivity index (χ0v) is 14.5. The maximum absolute atomic E-state index is 12.6. The second-order valence-corrected chi connectivity index (χ2v) is 7.62. The van der Waals surface area contributed by atoms with Crippen LogP contribution in [-0.2, 0) is 14.8 Å². The summed E-state index contributed by atoms with van der Waals surface area (Å²) in [5.41, 5.74) is 1.65. The molecule has 2 aromatic carbocycles. The highest BCUT2D eigenvalue weighted by Crippen LogP contribution is 2.22. The maximum atomic E-state index is 12.6. The van der Waals surface area contributed by atoms with Crippen molar-refractivity contribution < 1.29 is 18.3 Å². The first-order chi connectivity index (χ1) is 11.3. The van der Waals surface area contributed by atoms with Gasteiger partial charge in [-0.05, 0) is 29.2 Å². The van der Waals surface area contributed by atoms with Crippen molar-refractivity contribution in [1.29, 1.82) is 0 Å². The summed E-state index contributed by atoms with van der Waals surface area (Å²) in [7, 11) is -3.81. The van der Waals surface area contributed by atoms with Crippen LogP contribution in [0, 0.1) is 0 Å². The first-order valence-corrected chi connectivity index (χ1v) is 9.17. The minimum atomic E-state index is -3.81. The number of rotatable bonds is 7. The topological polar surface area (TPSA) is 83.5 Å². The lowest BCUT2D eigenvalue weighted by Gasteiger charge is -2.18. The fourth-order valence-electron chi connectivity index (χ4n) is 2.37. The van der Waals surface area contributed by atoms with Gasteiger partial charge in [-0.3, -0.25) is 4.79 Å². The van der Waals surface area contributed by atoms with Crippen LogP contribution in [-0.4, -0.2) is 19.5 Å². The molecule has 1 atom stereocenters. The summed E-state index contributed by atoms with van der Waals surface area (Å²) in [6.45, 7) is 4.06. The third-order valence-electron chi connectivity index (χ3n) is 3.74. The molecule has 0 aliphatic carbocycles. The van der Waals surface area contributed by atoms with E-state index in [9.17, 15) is 13.2 Å². The second-order valence-electron chi connectivity index (χ2n) is 5.91. The summed E-state index contributed by atoms with van der Waals surface area (Å²) in [5, 5.41) is 9.08. The number of sulfonamides is 1. The van der Waals surface area contributed by atoms with Gasteiger partial charge in [-0.25, -0.2) is 13.1 Å². The average Bonchev–Trinajstić information content (AvgIpc) is 2.54. The first-order valence-electron chi connectivity index (χ1n) is 7.68. The first kappa shape index (κ1) is 18.2. The predicted octanol–water partition coefficient (Wildman–Crippen LogP) is 3.30. The van der Waals surface area contributed by atoms with Crippen LogP contribution < -0.4 is 4.72 Å². The minimum absolute atomic E-state index is 0.123. The minimum Gasteiger partial charge on any atom is -0.481 e. The highest BCUT2D eigenvalue weighted by Gasteiger charge is 2.23. The number of benzene rings is 2. The molecule has 0 amide bonds. The normalized spacial score (nSPS) is 13.0. The summed E-state index contributed by atoms with van der Waals surface area (Å²) in [5.74, 6) is -0.763. The second kappa shape index (κ2) is 7.59. The largest absolute Gasteiger partial charge is 0.481 e.